The summed E-state index contributed by atoms with van der Waals surface area (Å²) in [6.45, 7) is 2.50. The molecule has 4 nitrogen and oxygen atoms in total. The minimum atomic E-state index is -0.258. The smallest absolute Gasteiger partial charge is 0.310 e. The standard InChI is InChI=1S/C13H18O4/c1-3-4-7-17-13(15)9-10-5-6-11(14)12(8-10)16-2/h5-6,8,14H,3-4,7,9H2,1-2H3. The highest BCUT2D eigenvalue weighted by atomic mass is 16.5. The number of phenolic OH excluding ortho intramolecular Hbond substituents is 1. The van der Waals surface area contributed by atoms with Gasteiger partial charge in [0.25, 0.3) is 0 Å². The van der Waals surface area contributed by atoms with Crippen LogP contribution >= 0.6 is 0 Å². The topological polar surface area (TPSA) is 55.8 Å². The summed E-state index contributed by atoms with van der Waals surface area (Å²) in [5, 5.41) is 9.40. The zero-order chi connectivity index (χ0) is 12.7. The fraction of sp³-hybridized carbons (Fsp3) is 0.462. The number of unbranched alkanes of at least 4 members (excludes halogenated alkanes) is 1. The molecule has 0 aliphatic carbocycles. The number of carbonyl (C=O) groups excluding carboxylic acids is 1. The van der Waals surface area contributed by atoms with Crippen LogP contribution in [0.1, 0.15) is 25.3 Å². The maximum Gasteiger partial charge on any atom is 0.310 e. The molecule has 0 saturated heterocycles. The first-order valence-corrected chi connectivity index (χ1v) is 5.69. The highest BCUT2D eigenvalue weighted by molar-refractivity contribution is 5.72. The van der Waals surface area contributed by atoms with Gasteiger partial charge < -0.3 is 14.6 Å². The molecule has 1 aromatic carbocycles. The Labute approximate surface area is 101 Å². The van der Waals surface area contributed by atoms with Gasteiger partial charge in [-0.05, 0) is 24.1 Å². The fourth-order valence-electron chi connectivity index (χ4n) is 1.38. The molecule has 0 heterocycles. The molecule has 1 N–H and O–H groups in total. The number of hydrogen-bond acceptors (Lipinski definition) is 4. The number of benzene rings is 1. The predicted molar refractivity (Wildman–Crippen MR) is 64.2 cm³/mol. The Morgan fingerprint density at radius 2 is 2.18 bits per heavy atom. The predicted octanol–water partition coefficient (Wildman–Crippen LogP) is 2.29. The van der Waals surface area contributed by atoms with E-state index in [0.717, 1.165) is 18.4 Å². The van der Waals surface area contributed by atoms with Crippen molar-refractivity contribution in [1.29, 1.82) is 0 Å². The van der Waals surface area contributed by atoms with Crippen LogP contribution < -0.4 is 4.74 Å². The molecule has 1 rings (SSSR count). The molecule has 0 spiro atoms. The summed E-state index contributed by atoms with van der Waals surface area (Å²) in [6.07, 6.45) is 2.07. The third kappa shape index (κ3) is 4.34. The average Bonchev–Trinajstić information content (AvgIpc) is 2.32. The van der Waals surface area contributed by atoms with Crippen molar-refractivity contribution in [1.82, 2.24) is 0 Å². The first-order chi connectivity index (χ1) is 8.17. The largest absolute Gasteiger partial charge is 0.504 e. The van der Waals surface area contributed by atoms with Gasteiger partial charge >= 0.3 is 5.97 Å². The van der Waals surface area contributed by atoms with Gasteiger partial charge in [0.2, 0.25) is 0 Å². The van der Waals surface area contributed by atoms with E-state index in [9.17, 15) is 9.90 Å². The molecule has 17 heavy (non-hydrogen) atoms. The van der Waals surface area contributed by atoms with Crippen LogP contribution in [-0.2, 0) is 16.0 Å². The Balaban J connectivity index is 2.53. The summed E-state index contributed by atoms with van der Waals surface area (Å²) in [5.74, 6) is 0.172. The summed E-state index contributed by atoms with van der Waals surface area (Å²) in [5.41, 5.74) is 0.765. The molecule has 94 valence electrons. The second-order valence-electron chi connectivity index (χ2n) is 3.76. The van der Waals surface area contributed by atoms with Crippen molar-refractivity contribution in [2.24, 2.45) is 0 Å². The SMILES string of the molecule is CCCCOC(=O)Cc1ccc(O)c(OC)c1. The fourth-order valence-corrected chi connectivity index (χ4v) is 1.38. The van der Waals surface area contributed by atoms with Gasteiger partial charge in [0.05, 0.1) is 20.1 Å². The van der Waals surface area contributed by atoms with Gasteiger partial charge in [0, 0.05) is 0 Å². The molecule has 0 aliphatic rings. The van der Waals surface area contributed by atoms with Gasteiger partial charge in [-0.15, -0.1) is 0 Å². The average molecular weight is 238 g/mol. The van der Waals surface area contributed by atoms with Crippen LogP contribution in [0, 0.1) is 0 Å². The lowest BCUT2D eigenvalue weighted by Gasteiger charge is -2.07. The highest BCUT2D eigenvalue weighted by Crippen LogP contribution is 2.26. The third-order valence-electron chi connectivity index (χ3n) is 2.35. The van der Waals surface area contributed by atoms with Crippen molar-refractivity contribution < 1.29 is 19.4 Å². The van der Waals surface area contributed by atoms with E-state index < -0.39 is 0 Å². The van der Waals surface area contributed by atoms with E-state index in [1.807, 2.05) is 6.92 Å². The number of aromatic hydroxyl groups is 1. The molecular weight excluding hydrogens is 220 g/mol. The molecule has 0 aromatic heterocycles. The summed E-state index contributed by atoms with van der Waals surface area (Å²) in [4.78, 5) is 11.4. The Morgan fingerprint density at radius 1 is 1.41 bits per heavy atom. The Bertz CT molecular complexity index is 374. The Hall–Kier alpha value is -1.71. The minimum Gasteiger partial charge on any atom is -0.504 e. The van der Waals surface area contributed by atoms with Crippen molar-refractivity contribution in [3.05, 3.63) is 23.8 Å². The molecular formula is C13H18O4. The third-order valence-corrected chi connectivity index (χ3v) is 2.35. The van der Waals surface area contributed by atoms with E-state index in [4.69, 9.17) is 9.47 Å². The maximum absolute atomic E-state index is 11.4. The van der Waals surface area contributed by atoms with E-state index >= 15 is 0 Å². The van der Waals surface area contributed by atoms with Gasteiger partial charge in [0.1, 0.15) is 0 Å². The second kappa shape index (κ2) is 6.78. The van der Waals surface area contributed by atoms with E-state index in [1.54, 1.807) is 12.1 Å². The number of carbonyl (C=O) groups is 1. The summed E-state index contributed by atoms with van der Waals surface area (Å²) >= 11 is 0. The number of esters is 1. The number of phenols is 1. The molecule has 1 aromatic rings. The van der Waals surface area contributed by atoms with Crippen molar-refractivity contribution in [2.45, 2.75) is 26.2 Å². The quantitative estimate of drug-likeness (QED) is 0.610. The van der Waals surface area contributed by atoms with Crippen LogP contribution in [0.25, 0.3) is 0 Å². The van der Waals surface area contributed by atoms with E-state index in [2.05, 4.69) is 0 Å². The monoisotopic (exact) mass is 238 g/mol. The second-order valence-corrected chi connectivity index (χ2v) is 3.76. The van der Waals surface area contributed by atoms with Crippen LogP contribution in [0.2, 0.25) is 0 Å². The van der Waals surface area contributed by atoms with Crippen molar-refractivity contribution in [2.75, 3.05) is 13.7 Å². The summed E-state index contributed by atoms with van der Waals surface area (Å²) in [7, 11) is 1.47. The van der Waals surface area contributed by atoms with E-state index in [-0.39, 0.29) is 18.1 Å². The number of methoxy groups -OCH3 is 1. The van der Waals surface area contributed by atoms with E-state index in [0.29, 0.717) is 12.4 Å². The molecule has 0 fully saturated rings. The number of rotatable bonds is 6. The molecule has 0 bridgehead atoms. The lowest BCUT2D eigenvalue weighted by molar-refractivity contribution is -0.142. The summed E-state index contributed by atoms with van der Waals surface area (Å²) < 4.78 is 10.0. The number of ether oxygens (including phenoxy) is 2. The van der Waals surface area contributed by atoms with Gasteiger partial charge in [-0.25, -0.2) is 0 Å². The van der Waals surface area contributed by atoms with Crippen LogP contribution in [0.3, 0.4) is 0 Å². The normalized spacial score (nSPS) is 10.0. The highest BCUT2D eigenvalue weighted by Gasteiger charge is 2.08. The lowest BCUT2D eigenvalue weighted by atomic mass is 10.1. The molecule has 4 heteroatoms. The molecule has 0 saturated carbocycles. The Kier molecular flexibility index (Phi) is 5.33. The van der Waals surface area contributed by atoms with Crippen molar-refractivity contribution >= 4 is 5.97 Å². The van der Waals surface area contributed by atoms with Crippen LogP contribution in [0.15, 0.2) is 18.2 Å². The van der Waals surface area contributed by atoms with Gasteiger partial charge in [-0.3, -0.25) is 4.79 Å². The van der Waals surface area contributed by atoms with Crippen molar-refractivity contribution in [3.63, 3.8) is 0 Å². The van der Waals surface area contributed by atoms with Gasteiger partial charge in [-0.1, -0.05) is 19.4 Å². The first kappa shape index (κ1) is 13.4. The minimum absolute atomic E-state index is 0.0654. The van der Waals surface area contributed by atoms with Gasteiger partial charge in [-0.2, -0.15) is 0 Å². The first-order valence-electron chi connectivity index (χ1n) is 5.69. The van der Waals surface area contributed by atoms with Crippen LogP contribution in [0.4, 0.5) is 0 Å². The summed E-state index contributed by atoms with van der Waals surface area (Å²) in [6, 6.07) is 4.82. The zero-order valence-corrected chi connectivity index (χ0v) is 10.2. The van der Waals surface area contributed by atoms with Crippen LogP contribution in [0.5, 0.6) is 11.5 Å². The van der Waals surface area contributed by atoms with E-state index in [1.165, 1.54) is 13.2 Å². The molecule has 0 atom stereocenters. The van der Waals surface area contributed by atoms with Crippen LogP contribution in [-0.4, -0.2) is 24.8 Å². The molecule has 0 amide bonds. The maximum atomic E-state index is 11.4. The van der Waals surface area contributed by atoms with Crippen molar-refractivity contribution in [3.8, 4) is 11.5 Å². The molecule has 0 radical (unpaired) electrons. The van der Waals surface area contributed by atoms with Gasteiger partial charge in [0.15, 0.2) is 11.5 Å². The lowest BCUT2D eigenvalue weighted by Crippen LogP contribution is -2.09. The number of hydrogen-bond donors (Lipinski definition) is 1. The zero-order valence-electron chi connectivity index (χ0n) is 10.2. The Morgan fingerprint density at radius 3 is 2.82 bits per heavy atom. The molecule has 0 aliphatic heterocycles. The molecule has 0 unspecified atom stereocenters.